The lowest BCUT2D eigenvalue weighted by Crippen LogP contribution is -2.14. The first-order chi connectivity index (χ1) is 7.68. The average molecular weight is 218 g/mol. The number of nitrogens with zero attached hydrogens (tertiary/aromatic N) is 3. The molecule has 2 rings (SSSR count). The van der Waals surface area contributed by atoms with E-state index in [1.807, 2.05) is 32.3 Å². The van der Waals surface area contributed by atoms with E-state index >= 15 is 0 Å². The van der Waals surface area contributed by atoms with E-state index in [1.165, 1.54) is 5.69 Å². The van der Waals surface area contributed by atoms with Crippen LogP contribution in [0.15, 0.2) is 30.7 Å². The average Bonchev–Trinajstić information content (AvgIpc) is 2.83. The minimum atomic E-state index is 0.0823. The second-order valence-corrected chi connectivity index (χ2v) is 4.08. The van der Waals surface area contributed by atoms with Crippen molar-refractivity contribution in [2.24, 2.45) is 5.73 Å². The van der Waals surface area contributed by atoms with E-state index in [0.717, 1.165) is 18.9 Å². The third-order valence-corrected chi connectivity index (χ3v) is 2.84. The van der Waals surface area contributed by atoms with Crippen molar-refractivity contribution in [3.63, 3.8) is 0 Å². The van der Waals surface area contributed by atoms with E-state index in [9.17, 15) is 0 Å². The number of imidazole rings is 1. The molecule has 0 spiro atoms. The Kier molecular flexibility index (Phi) is 3.10. The van der Waals surface area contributed by atoms with Crippen LogP contribution < -0.4 is 5.73 Å². The highest BCUT2D eigenvalue weighted by Crippen LogP contribution is 2.11. The molecule has 0 radical (unpaired) electrons. The fourth-order valence-electron chi connectivity index (χ4n) is 1.90. The molecular weight excluding hydrogens is 200 g/mol. The van der Waals surface area contributed by atoms with Crippen LogP contribution in [0.25, 0.3) is 0 Å². The first-order valence-electron chi connectivity index (χ1n) is 5.57. The van der Waals surface area contributed by atoms with Gasteiger partial charge in [-0.1, -0.05) is 0 Å². The maximum absolute atomic E-state index is 5.90. The van der Waals surface area contributed by atoms with Crippen LogP contribution in [0.5, 0.6) is 0 Å². The van der Waals surface area contributed by atoms with Crippen molar-refractivity contribution in [3.8, 4) is 0 Å². The fourth-order valence-corrected chi connectivity index (χ4v) is 1.90. The molecule has 0 aliphatic carbocycles. The van der Waals surface area contributed by atoms with Crippen LogP contribution in [0.2, 0.25) is 0 Å². The van der Waals surface area contributed by atoms with Gasteiger partial charge >= 0.3 is 0 Å². The molecule has 2 heterocycles. The summed E-state index contributed by atoms with van der Waals surface area (Å²) in [6, 6.07) is 4.20. The van der Waals surface area contributed by atoms with E-state index < -0.39 is 0 Å². The van der Waals surface area contributed by atoms with E-state index in [1.54, 1.807) is 0 Å². The molecule has 1 unspecified atom stereocenters. The molecular formula is C12H18N4. The number of nitrogens with two attached hydrogens (primary N) is 1. The molecule has 4 heteroatoms. The Bertz CT molecular complexity index is 453. The van der Waals surface area contributed by atoms with Gasteiger partial charge in [0.15, 0.2) is 0 Å². The minimum absolute atomic E-state index is 0.0823. The van der Waals surface area contributed by atoms with E-state index in [4.69, 9.17) is 5.73 Å². The Morgan fingerprint density at radius 2 is 2.06 bits per heavy atom. The fraction of sp³-hybridized carbons (Fsp3) is 0.417. The van der Waals surface area contributed by atoms with Gasteiger partial charge in [0.25, 0.3) is 0 Å². The van der Waals surface area contributed by atoms with Crippen LogP contribution >= 0.6 is 0 Å². The van der Waals surface area contributed by atoms with Crippen molar-refractivity contribution in [3.05, 3.63) is 42.2 Å². The smallest absolute Gasteiger partial charge is 0.105 e. The van der Waals surface area contributed by atoms with Crippen LogP contribution in [-0.4, -0.2) is 14.1 Å². The van der Waals surface area contributed by atoms with Crippen LogP contribution in [0.4, 0.5) is 0 Å². The highest BCUT2D eigenvalue weighted by atomic mass is 15.1. The molecule has 2 N–H and O–H groups in total. The summed E-state index contributed by atoms with van der Waals surface area (Å²) in [4.78, 5) is 4.20. The van der Waals surface area contributed by atoms with Crippen molar-refractivity contribution < 1.29 is 0 Å². The summed E-state index contributed by atoms with van der Waals surface area (Å²) in [5.41, 5.74) is 7.08. The summed E-state index contributed by atoms with van der Waals surface area (Å²) in [6.45, 7) is 5.89. The van der Waals surface area contributed by atoms with E-state index in [2.05, 4.69) is 26.4 Å². The number of hydrogen-bond donors (Lipinski definition) is 1. The van der Waals surface area contributed by atoms with Crippen LogP contribution in [0.3, 0.4) is 0 Å². The number of hydrogen-bond acceptors (Lipinski definition) is 2. The lowest BCUT2D eigenvalue weighted by molar-refractivity contribution is 0.542. The number of aryl methyl sites for hydroxylation is 3. The van der Waals surface area contributed by atoms with Crippen molar-refractivity contribution >= 4 is 0 Å². The Morgan fingerprint density at radius 1 is 1.31 bits per heavy atom. The van der Waals surface area contributed by atoms with Crippen LogP contribution in [0, 0.1) is 6.92 Å². The van der Waals surface area contributed by atoms with Gasteiger partial charge < -0.3 is 14.9 Å². The SMILES string of the molecule is Cc1nccn1CCn1cccc1C(C)N. The van der Waals surface area contributed by atoms with Gasteiger partial charge in [0.2, 0.25) is 0 Å². The predicted octanol–water partition coefficient (Wildman–Crippen LogP) is 1.71. The molecule has 2 aromatic rings. The maximum Gasteiger partial charge on any atom is 0.105 e. The second kappa shape index (κ2) is 4.53. The summed E-state index contributed by atoms with van der Waals surface area (Å²) in [5, 5.41) is 0. The zero-order chi connectivity index (χ0) is 11.5. The quantitative estimate of drug-likeness (QED) is 0.849. The molecule has 0 fully saturated rings. The molecule has 0 aliphatic heterocycles. The Balaban J connectivity index is 2.05. The Hall–Kier alpha value is -1.55. The Morgan fingerprint density at radius 3 is 2.69 bits per heavy atom. The second-order valence-electron chi connectivity index (χ2n) is 4.08. The van der Waals surface area contributed by atoms with Gasteiger partial charge in [0, 0.05) is 43.4 Å². The largest absolute Gasteiger partial charge is 0.348 e. The van der Waals surface area contributed by atoms with Gasteiger partial charge in [-0.05, 0) is 26.0 Å². The van der Waals surface area contributed by atoms with Crippen molar-refractivity contribution in [1.29, 1.82) is 0 Å². The predicted molar refractivity (Wildman–Crippen MR) is 64.0 cm³/mol. The molecule has 16 heavy (non-hydrogen) atoms. The molecule has 2 aromatic heterocycles. The molecule has 0 aliphatic rings. The maximum atomic E-state index is 5.90. The summed E-state index contributed by atoms with van der Waals surface area (Å²) in [5.74, 6) is 1.05. The molecule has 0 saturated heterocycles. The van der Waals surface area contributed by atoms with Crippen molar-refractivity contribution in [1.82, 2.24) is 14.1 Å². The summed E-state index contributed by atoms with van der Waals surface area (Å²) >= 11 is 0. The van der Waals surface area contributed by atoms with Gasteiger partial charge in [0.1, 0.15) is 5.82 Å². The minimum Gasteiger partial charge on any atom is -0.348 e. The summed E-state index contributed by atoms with van der Waals surface area (Å²) in [7, 11) is 0. The lowest BCUT2D eigenvalue weighted by Gasteiger charge is -2.12. The first kappa shape index (κ1) is 11.0. The highest BCUT2D eigenvalue weighted by Gasteiger charge is 2.05. The number of aromatic nitrogens is 3. The number of rotatable bonds is 4. The van der Waals surface area contributed by atoms with Gasteiger partial charge in [-0.3, -0.25) is 0 Å². The Labute approximate surface area is 95.7 Å². The first-order valence-corrected chi connectivity index (χ1v) is 5.57. The lowest BCUT2D eigenvalue weighted by atomic mass is 10.2. The molecule has 0 saturated carbocycles. The zero-order valence-corrected chi connectivity index (χ0v) is 9.80. The van der Waals surface area contributed by atoms with Gasteiger partial charge in [-0.15, -0.1) is 0 Å². The van der Waals surface area contributed by atoms with Crippen LogP contribution in [-0.2, 0) is 13.1 Å². The van der Waals surface area contributed by atoms with E-state index in [-0.39, 0.29) is 6.04 Å². The van der Waals surface area contributed by atoms with Crippen molar-refractivity contribution in [2.45, 2.75) is 33.0 Å². The van der Waals surface area contributed by atoms with E-state index in [0.29, 0.717) is 0 Å². The summed E-state index contributed by atoms with van der Waals surface area (Å²) < 4.78 is 4.34. The zero-order valence-electron chi connectivity index (χ0n) is 9.80. The summed E-state index contributed by atoms with van der Waals surface area (Å²) in [6.07, 6.45) is 5.91. The van der Waals surface area contributed by atoms with Gasteiger partial charge in [-0.25, -0.2) is 4.98 Å². The standard InChI is InChI=1S/C12H18N4/c1-10(13)12-4-3-6-16(12)9-8-15-7-5-14-11(15)2/h3-7,10H,8-9,13H2,1-2H3. The molecule has 0 bridgehead atoms. The van der Waals surface area contributed by atoms with Gasteiger partial charge in [-0.2, -0.15) is 0 Å². The third-order valence-electron chi connectivity index (χ3n) is 2.84. The van der Waals surface area contributed by atoms with Crippen molar-refractivity contribution in [2.75, 3.05) is 0 Å². The molecule has 1 atom stereocenters. The molecule has 0 amide bonds. The van der Waals surface area contributed by atoms with Crippen LogP contribution in [0.1, 0.15) is 24.5 Å². The highest BCUT2D eigenvalue weighted by molar-refractivity contribution is 5.10. The molecule has 0 aromatic carbocycles. The molecule has 86 valence electrons. The molecule has 4 nitrogen and oxygen atoms in total. The van der Waals surface area contributed by atoms with Gasteiger partial charge in [0.05, 0.1) is 0 Å². The topological polar surface area (TPSA) is 48.8 Å². The normalized spacial score (nSPS) is 12.9. The third kappa shape index (κ3) is 2.17. The monoisotopic (exact) mass is 218 g/mol.